The molecule has 4 aromatic carbocycles. The van der Waals surface area contributed by atoms with E-state index in [0.29, 0.717) is 5.75 Å². The normalized spacial score (nSPS) is 10.5. The first-order valence-corrected chi connectivity index (χ1v) is 8.53. The molecule has 0 heterocycles. The van der Waals surface area contributed by atoms with Crippen LogP contribution in [0, 0.1) is 0 Å². The average molecular weight is 339 g/mol. The van der Waals surface area contributed by atoms with Gasteiger partial charge in [0.1, 0.15) is 5.75 Å². The Hall–Kier alpha value is -3.24. The molecule has 0 saturated heterocycles. The molecule has 0 spiro atoms. The first-order valence-electron chi connectivity index (χ1n) is 8.53. The minimum absolute atomic E-state index is 0.328. The Labute approximate surface area is 153 Å². The van der Waals surface area contributed by atoms with Gasteiger partial charge < -0.3 is 14.6 Å². The van der Waals surface area contributed by atoms with Crippen molar-refractivity contribution in [3.8, 4) is 5.75 Å². The van der Waals surface area contributed by atoms with E-state index in [-0.39, 0.29) is 7.69 Å². The van der Waals surface area contributed by atoms with E-state index in [1.54, 1.807) is 0 Å². The fraction of sp³-hybridized carbons (Fsp3) is 0. The van der Waals surface area contributed by atoms with Gasteiger partial charge in [0.2, 0.25) is 0 Å². The maximum Gasteiger partial charge on any atom is 0.504 e. The van der Waals surface area contributed by atoms with Crippen LogP contribution in [0.1, 0.15) is 0 Å². The van der Waals surface area contributed by atoms with E-state index in [1.165, 1.54) is 10.8 Å². The number of para-hydroxylation sites is 1. The molecule has 0 unspecified atom stereocenters. The van der Waals surface area contributed by atoms with Gasteiger partial charge in [-0.05, 0) is 47.9 Å². The lowest BCUT2D eigenvalue weighted by atomic mass is 10.1. The molecule has 3 nitrogen and oxygen atoms in total. The smallest absolute Gasteiger partial charge is 0.504 e. The molecule has 0 aliphatic rings. The van der Waals surface area contributed by atoms with E-state index in [9.17, 15) is 0 Å². The summed E-state index contributed by atoms with van der Waals surface area (Å²) in [5.74, 6) is 0.641. The molecule has 0 saturated carbocycles. The number of anilines is 3. The fourth-order valence-corrected chi connectivity index (χ4v) is 3.17. The van der Waals surface area contributed by atoms with Crippen LogP contribution >= 0.6 is 0 Å². The van der Waals surface area contributed by atoms with Gasteiger partial charge in [0.25, 0.3) is 0 Å². The largest absolute Gasteiger partial charge is 0.539 e. The van der Waals surface area contributed by atoms with Crippen molar-refractivity contribution in [2.24, 2.45) is 0 Å². The van der Waals surface area contributed by atoms with Gasteiger partial charge in [0, 0.05) is 16.8 Å². The van der Waals surface area contributed by atoms with Crippen LogP contribution in [0.5, 0.6) is 5.75 Å². The van der Waals surface area contributed by atoms with E-state index >= 15 is 0 Å². The topological polar surface area (TPSA) is 32.7 Å². The van der Waals surface area contributed by atoms with Crippen molar-refractivity contribution in [1.82, 2.24) is 0 Å². The highest BCUT2D eigenvalue weighted by Crippen LogP contribution is 2.38. The summed E-state index contributed by atoms with van der Waals surface area (Å²) in [5, 5.41) is 11.3. The zero-order valence-corrected chi connectivity index (χ0v) is 14.2. The van der Waals surface area contributed by atoms with Gasteiger partial charge in [0.15, 0.2) is 0 Å². The Balaban J connectivity index is 1.89. The summed E-state index contributed by atoms with van der Waals surface area (Å²) >= 11 is 0. The van der Waals surface area contributed by atoms with E-state index in [4.69, 9.17) is 9.68 Å². The number of nitrogens with zero attached hydrogens (tertiary/aromatic N) is 1. The molecular weight excluding hydrogens is 321 g/mol. The molecule has 0 bridgehead atoms. The molecule has 4 rings (SSSR count). The van der Waals surface area contributed by atoms with Gasteiger partial charge in [0.05, 0.1) is 5.69 Å². The molecular formula is C22H18BNO2. The molecule has 26 heavy (non-hydrogen) atoms. The summed E-state index contributed by atoms with van der Waals surface area (Å²) in [6.07, 6.45) is 0. The van der Waals surface area contributed by atoms with Crippen LogP contribution in [0.2, 0.25) is 0 Å². The van der Waals surface area contributed by atoms with Gasteiger partial charge in [-0.1, -0.05) is 54.6 Å². The van der Waals surface area contributed by atoms with E-state index in [2.05, 4.69) is 59.5 Å². The second-order valence-corrected chi connectivity index (χ2v) is 5.94. The highest BCUT2D eigenvalue weighted by atomic mass is 16.5. The van der Waals surface area contributed by atoms with Gasteiger partial charge in [-0.3, -0.25) is 0 Å². The Morgan fingerprint density at radius 2 is 1.31 bits per heavy atom. The molecule has 0 atom stereocenters. The first-order chi connectivity index (χ1) is 12.9. The Bertz CT molecular complexity index is 998. The van der Waals surface area contributed by atoms with Gasteiger partial charge in [-0.2, -0.15) is 0 Å². The summed E-state index contributed by atoms with van der Waals surface area (Å²) in [5.41, 5.74) is 3.22. The molecule has 4 heteroatoms. The molecule has 0 aliphatic heterocycles. The Kier molecular flexibility index (Phi) is 4.58. The van der Waals surface area contributed by atoms with Crippen LogP contribution in [-0.2, 0) is 0 Å². The number of hydrogen-bond acceptors (Lipinski definition) is 3. The van der Waals surface area contributed by atoms with E-state index in [0.717, 1.165) is 17.1 Å². The zero-order chi connectivity index (χ0) is 17.8. The summed E-state index contributed by atoms with van der Waals surface area (Å²) in [7, 11) is -0.328. The maximum absolute atomic E-state index is 8.94. The van der Waals surface area contributed by atoms with Crippen molar-refractivity contribution in [2.75, 3.05) is 4.90 Å². The van der Waals surface area contributed by atoms with Crippen molar-refractivity contribution < 1.29 is 9.68 Å². The number of benzene rings is 4. The lowest BCUT2D eigenvalue weighted by Gasteiger charge is -2.27. The zero-order valence-electron chi connectivity index (χ0n) is 14.2. The van der Waals surface area contributed by atoms with Crippen LogP contribution in [0.3, 0.4) is 0 Å². The third-order valence-corrected chi connectivity index (χ3v) is 4.35. The van der Waals surface area contributed by atoms with Crippen molar-refractivity contribution in [3.63, 3.8) is 0 Å². The lowest BCUT2D eigenvalue weighted by molar-refractivity contribution is 0.454. The highest BCUT2D eigenvalue weighted by Gasteiger charge is 2.14. The van der Waals surface area contributed by atoms with Crippen molar-refractivity contribution in [1.29, 1.82) is 0 Å². The molecule has 0 aromatic heterocycles. The Morgan fingerprint density at radius 1 is 0.654 bits per heavy atom. The van der Waals surface area contributed by atoms with Crippen molar-refractivity contribution in [2.45, 2.75) is 0 Å². The quantitative estimate of drug-likeness (QED) is 0.522. The van der Waals surface area contributed by atoms with Crippen LogP contribution in [0.4, 0.5) is 17.1 Å². The van der Waals surface area contributed by atoms with Gasteiger partial charge >= 0.3 is 7.69 Å². The molecule has 0 fully saturated rings. The second-order valence-electron chi connectivity index (χ2n) is 5.94. The summed E-state index contributed by atoms with van der Waals surface area (Å²) < 4.78 is 5.16. The third-order valence-electron chi connectivity index (χ3n) is 4.35. The third kappa shape index (κ3) is 3.15. The monoisotopic (exact) mass is 339 g/mol. The Morgan fingerprint density at radius 3 is 2.08 bits per heavy atom. The average Bonchev–Trinajstić information content (AvgIpc) is 2.71. The van der Waals surface area contributed by atoms with Crippen LogP contribution in [-0.4, -0.2) is 12.7 Å². The predicted molar refractivity (Wildman–Crippen MR) is 109 cm³/mol. The molecule has 126 valence electrons. The van der Waals surface area contributed by atoms with Crippen molar-refractivity contribution in [3.05, 3.63) is 97.1 Å². The van der Waals surface area contributed by atoms with Crippen LogP contribution < -0.4 is 9.55 Å². The van der Waals surface area contributed by atoms with Crippen LogP contribution in [0.15, 0.2) is 97.1 Å². The summed E-state index contributed by atoms with van der Waals surface area (Å²) in [6.45, 7) is 0. The second kappa shape index (κ2) is 7.34. The summed E-state index contributed by atoms with van der Waals surface area (Å²) in [6, 6.07) is 32.7. The standard InChI is InChI=1S/C22H18BNO2/c25-23-26-20-15-13-19(14-16-20)24(18-9-2-1-3-10-18)22-12-6-8-17-7-4-5-11-21(17)22/h1-16,23,25H. The number of rotatable bonds is 5. The first kappa shape index (κ1) is 16.2. The molecule has 0 amide bonds. The molecule has 4 aromatic rings. The van der Waals surface area contributed by atoms with E-state index in [1.807, 2.05) is 42.5 Å². The minimum atomic E-state index is -0.328. The molecule has 0 radical (unpaired) electrons. The molecule has 1 N–H and O–H groups in total. The van der Waals surface area contributed by atoms with Crippen LogP contribution in [0.25, 0.3) is 10.8 Å². The lowest BCUT2D eigenvalue weighted by Crippen LogP contribution is -2.10. The number of hydrogen-bond donors (Lipinski definition) is 1. The predicted octanol–water partition coefficient (Wildman–Crippen LogP) is 4.95. The molecule has 0 aliphatic carbocycles. The van der Waals surface area contributed by atoms with Gasteiger partial charge in [-0.15, -0.1) is 0 Å². The fourth-order valence-electron chi connectivity index (χ4n) is 3.17. The number of fused-ring (bicyclic) bond motifs is 1. The minimum Gasteiger partial charge on any atom is -0.539 e. The summed E-state index contributed by atoms with van der Waals surface area (Å²) in [4.78, 5) is 2.23. The highest BCUT2D eigenvalue weighted by molar-refractivity contribution is 6.17. The van der Waals surface area contributed by atoms with Crippen molar-refractivity contribution >= 4 is 35.5 Å². The SMILES string of the molecule is OBOc1ccc(N(c2ccccc2)c2cccc3ccccc23)cc1. The van der Waals surface area contributed by atoms with E-state index < -0.39 is 0 Å². The maximum atomic E-state index is 8.94. The van der Waals surface area contributed by atoms with Gasteiger partial charge in [-0.25, -0.2) is 0 Å².